The first kappa shape index (κ1) is 16.9. The summed E-state index contributed by atoms with van der Waals surface area (Å²) < 4.78 is 0. The number of hydrogen-bond acceptors (Lipinski definition) is 5. The van der Waals surface area contributed by atoms with E-state index in [1.807, 2.05) is 20.8 Å². The maximum absolute atomic E-state index is 11.7. The van der Waals surface area contributed by atoms with E-state index in [0.717, 1.165) is 0 Å². The molecule has 6 heteroatoms. The summed E-state index contributed by atoms with van der Waals surface area (Å²) in [5.74, 6) is -0.403. The maximum Gasteiger partial charge on any atom is 0.342 e. The molecule has 0 aromatic rings. The van der Waals surface area contributed by atoms with E-state index in [2.05, 4.69) is 0 Å². The fourth-order valence-corrected chi connectivity index (χ4v) is 2.04. The van der Waals surface area contributed by atoms with Crippen LogP contribution in [0.4, 0.5) is 0 Å². The van der Waals surface area contributed by atoms with Crippen molar-refractivity contribution in [1.29, 1.82) is 0 Å². The van der Waals surface area contributed by atoms with Crippen LogP contribution < -0.4 is 5.73 Å². The van der Waals surface area contributed by atoms with Crippen molar-refractivity contribution < 1.29 is 19.4 Å². The fraction of sp³-hybridized carbons (Fsp3) is 0.857. The van der Waals surface area contributed by atoms with Gasteiger partial charge in [-0.05, 0) is 25.2 Å². The van der Waals surface area contributed by atoms with Gasteiger partial charge >= 0.3 is 5.97 Å². The van der Waals surface area contributed by atoms with E-state index in [1.165, 1.54) is 0 Å². The smallest absolute Gasteiger partial charge is 0.341 e. The first-order chi connectivity index (χ1) is 9.19. The number of likely N-dealkylation sites (tertiary alicyclic amines) is 1. The molecule has 1 rings (SSSR count). The quantitative estimate of drug-likeness (QED) is 0.621. The summed E-state index contributed by atoms with van der Waals surface area (Å²) in [6.07, 6.45) is 1.48. The molecule has 0 unspecified atom stereocenters. The Hall–Kier alpha value is -1.14. The minimum absolute atomic E-state index is 0.0480. The molecule has 1 heterocycles. The molecular weight excluding hydrogens is 260 g/mol. The van der Waals surface area contributed by atoms with Crippen LogP contribution in [0.3, 0.4) is 0 Å². The number of rotatable bonds is 4. The largest absolute Gasteiger partial charge is 0.342 e. The number of nitrogens with zero attached hydrogens (tertiary/aromatic N) is 1. The molecule has 20 heavy (non-hydrogen) atoms. The maximum atomic E-state index is 11.7. The zero-order valence-electron chi connectivity index (χ0n) is 12.8. The van der Waals surface area contributed by atoms with Gasteiger partial charge in [0.1, 0.15) is 6.10 Å². The Labute approximate surface area is 120 Å². The van der Waals surface area contributed by atoms with Crippen LogP contribution in [-0.2, 0) is 19.4 Å². The standard InChI is InChI=1S/C14H26N2O4/c1-10(15)13(18)16-7-5-11(6-8-16)19-20-12(17)9-14(2,3)4/h10-11H,5-9,15H2,1-4H3/t10-/m0/s1. The topological polar surface area (TPSA) is 81.9 Å². The Kier molecular flexibility index (Phi) is 5.95. The number of carbonyl (C=O) groups is 2. The molecule has 0 aliphatic carbocycles. The van der Waals surface area contributed by atoms with Gasteiger partial charge in [-0.2, -0.15) is 4.89 Å². The Morgan fingerprint density at radius 1 is 1.30 bits per heavy atom. The molecule has 0 saturated carbocycles. The average Bonchev–Trinajstić information content (AvgIpc) is 2.34. The van der Waals surface area contributed by atoms with Gasteiger partial charge in [0.05, 0.1) is 12.5 Å². The van der Waals surface area contributed by atoms with E-state index >= 15 is 0 Å². The van der Waals surface area contributed by atoms with E-state index in [1.54, 1.807) is 11.8 Å². The molecule has 1 saturated heterocycles. The second-order valence-electron chi connectivity index (χ2n) is 6.60. The van der Waals surface area contributed by atoms with Crippen LogP contribution in [0.15, 0.2) is 0 Å². The number of hydrogen-bond donors (Lipinski definition) is 1. The Balaban J connectivity index is 2.26. The van der Waals surface area contributed by atoms with Crippen molar-refractivity contribution in [3.63, 3.8) is 0 Å². The molecule has 1 aliphatic heterocycles. The first-order valence-corrected chi connectivity index (χ1v) is 7.09. The predicted octanol–water partition coefficient (Wildman–Crippen LogP) is 1.24. The minimum Gasteiger partial charge on any atom is -0.341 e. The summed E-state index contributed by atoms with van der Waals surface area (Å²) in [5.41, 5.74) is 5.45. The lowest BCUT2D eigenvalue weighted by atomic mass is 9.93. The molecule has 1 atom stereocenters. The van der Waals surface area contributed by atoms with E-state index in [4.69, 9.17) is 15.5 Å². The van der Waals surface area contributed by atoms with Crippen molar-refractivity contribution in [2.24, 2.45) is 11.1 Å². The molecule has 116 valence electrons. The van der Waals surface area contributed by atoms with E-state index in [-0.39, 0.29) is 23.4 Å². The van der Waals surface area contributed by atoms with Gasteiger partial charge in [0.2, 0.25) is 5.91 Å². The summed E-state index contributed by atoms with van der Waals surface area (Å²) in [7, 11) is 0. The third-order valence-electron chi connectivity index (χ3n) is 3.09. The monoisotopic (exact) mass is 286 g/mol. The number of carbonyl (C=O) groups excluding carboxylic acids is 2. The third kappa shape index (κ3) is 5.88. The van der Waals surface area contributed by atoms with Crippen molar-refractivity contribution in [1.82, 2.24) is 4.90 Å². The molecule has 0 aromatic heterocycles. The van der Waals surface area contributed by atoms with Crippen molar-refractivity contribution in [3.05, 3.63) is 0 Å². The zero-order valence-corrected chi connectivity index (χ0v) is 12.8. The molecular formula is C14H26N2O4. The van der Waals surface area contributed by atoms with Gasteiger partial charge in [0, 0.05) is 13.1 Å². The van der Waals surface area contributed by atoms with Crippen LogP contribution in [0.5, 0.6) is 0 Å². The van der Waals surface area contributed by atoms with Crippen molar-refractivity contribution >= 4 is 11.9 Å². The molecule has 0 bridgehead atoms. The second kappa shape index (κ2) is 7.04. The normalized spacial score (nSPS) is 18.8. The lowest BCUT2D eigenvalue weighted by Gasteiger charge is -2.31. The predicted molar refractivity (Wildman–Crippen MR) is 74.5 cm³/mol. The van der Waals surface area contributed by atoms with Crippen LogP contribution >= 0.6 is 0 Å². The fourth-order valence-electron chi connectivity index (χ4n) is 2.04. The van der Waals surface area contributed by atoms with Gasteiger partial charge < -0.3 is 10.6 Å². The summed E-state index contributed by atoms with van der Waals surface area (Å²) in [4.78, 5) is 35.0. The van der Waals surface area contributed by atoms with Gasteiger partial charge in [-0.25, -0.2) is 4.79 Å². The lowest BCUT2D eigenvalue weighted by Crippen LogP contribution is -2.47. The molecule has 1 amide bonds. The van der Waals surface area contributed by atoms with Crippen LogP contribution in [0.1, 0.15) is 47.0 Å². The first-order valence-electron chi connectivity index (χ1n) is 7.09. The number of nitrogens with two attached hydrogens (primary N) is 1. The van der Waals surface area contributed by atoms with Crippen LogP contribution in [-0.4, -0.2) is 42.0 Å². The summed E-state index contributed by atoms with van der Waals surface area (Å²) in [6, 6.07) is -0.475. The second-order valence-corrected chi connectivity index (χ2v) is 6.60. The van der Waals surface area contributed by atoms with E-state index < -0.39 is 6.04 Å². The highest BCUT2D eigenvalue weighted by Gasteiger charge is 2.26. The average molecular weight is 286 g/mol. The molecule has 1 fully saturated rings. The van der Waals surface area contributed by atoms with Crippen LogP contribution in [0.25, 0.3) is 0 Å². The molecule has 0 radical (unpaired) electrons. The molecule has 0 aromatic carbocycles. The summed E-state index contributed by atoms with van der Waals surface area (Å²) in [6.45, 7) is 8.74. The highest BCUT2D eigenvalue weighted by atomic mass is 17.2. The summed E-state index contributed by atoms with van der Waals surface area (Å²) in [5, 5.41) is 0. The Morgan fingerprint density at radius 2 is 1.85 bits per heavy atom. The highest BCUT2D eigenvalue weighted by Crippen LogP contribution is 2.20. The van der Waals surface area contributed by atoms with Crippen molar-refractivity contribution in [2.75, 3.05) is 13.1 Å². The van der Waals surface area contributed by atoms with Gasteiger partial charge in [-0.1, -0.05) is 20.8 Å². The molecule has 0 spiro atoms. The van der Waals surface area contributed by atoms with Crippen LogP contribution in [0.2, 0.25) is 0 Å². The SMILES string of the molecule is C[C@H](N)C(=O)N1CCC(OOC(=O)CC(C)(C)C)CC1. The van der Waals surface area contributed by atoms with Gasteiger partial charge in [-0.15, -0.1) is 0 Å². The summed E-state index contributed by atoms with van der Waals surface area (Å²) >= 11 is 0. The van der Waals surface area contributed by atoms with Gasteiger partial charge in [-0.3, -0.25) is 9.68 Å². The minimum atomic E-state index is -0.475. The van der Waals surface area contributed by atoms with Crippen molar-refractivity contribution in [2.45, 2.75) is 59.1 Å². The lowest BCUT2D eigenvalue weighted by molar-refractivity contribution is -0.304. The van der Waals surface area contributed by atoms with Gasteiger partial charge in [0.15, 0.2) is 0 Å². The van der Waals surface area contributed by atoms with E-state index in [0.29, 0.717) is 32.4 Å². The van der Waals surface area contributed by atoms with Crippen LogP contribution in [0, 0.1) is 5.41 Å². The van der Waals surface area contributed by atoms with E-state index in [9.17, 15) is 9.59 Å². The van der Waals surface area contributed by atoms with Gasteiger partial charge in [0.25, 0.3) is 0 Å². The molecule has 6 nitrogen and oxygen atoms in total. The zero-order chi connectivity index (χ0) is 15.3. The Bertz CT molecular complexity index is 342. The van der Waals surface area contributed by atoms with Crippen molar-refractivity contribution in [3.8, 4) is 0 Å². The molecule has 1 aliphatic rings. The molecule has 2 N–H and O–H groups in total. The highest BCUT2D eigenvalue weighted by molar-refractivity contribution is 5.81. The number of amides is 1. The third-order valence-corrected chi connectivity index (χ3v) is 3.09. The number of piperidine rings is 1. The Morgan fingerprint density at radius 3 is 2.30 bits per heavy atom.